The zero-order valence-electron chi connectivity index (χ0n) is 27.2. The van der Waals surface area contributed by atoms with E-state index in [1.165, 1.54) is 13.2 Å². The highest BCUT2D eigenvalue weighted by Crippen LogP contribution is 2.32. The van der Waals surface area contributed by atoms with E-state index in [0.717, 1.165) is 29.7 Å². The van der Waals surface area contributed by atoms with Gasteiger partial charge in [0.25, 0.3) is 5.91 Å². The van der Waals surface area contributed by atoms with Gasteiger partial charge in [0, 0.05) is 50.4 Å². The van der Waals surface area contributed by atoms with Crippen LogP contribution in [0.4, 0.5) is 25.1 Å². The Labute approximate surface area is 282 Å². The lowest BCUT2D eigenvalue weighted by molar-refractivity contribution is 0.0904. The Balaban J connectivity index is 1.53. The molecule has 1 saturated heterocycles. The molecule has 0 atom stereocenters. The van der Waals surface area contributed by atoms with Crippen molar-refractivity contribution in [1.29, 1.82) is 0 Å². The molecule has 1 aliphatic rings. The quantitative estimate of drug-likeness (QED) is 0.189. The van der Waals surface area contributed by atoms with Crippen molar-refractivity contribution in [2.45, 2.75) is 28.7 Å². The second-order valence-electron chi connectivity index (χ2n) is 11.5. The summed E-state index contributed by atoms with van der Waals surface area (Å²) in [6.07, 6.45) is 0.533. The molecule has 0 radical (unpaired) electrons. The van der Waals surface area contributed by atoms with Gasteiger partial charge in [0.1, 0.15) is 30.6 Å². The molecule has 1 aromatic heterocycles. The monoisotopic (exact) mass is 701 g/mol. The van der Waals surface area contributed by atoms with Gasteiger partial charge in [-0.2, -0.15) is 4.68 Å². The van der Waals surface area contributed by atoms with Gasteiger partial charge < -0.3 is 34.5 Å². The van der Waals surface area contributed by atoms with Crippen LogP contribution in [0.1, 0.15) is 23.2 Å². The Morgan fingerprint density at radius 2 is 1.71 bits per heavy atom. The second-order valence-corrected chi connectivity index (χ2v) is 13.4. The number of ether oxygens (including phenoxy) is 4. The number of fused-ring (bicyclic) bond motifs is 1. The van der Waals surface area contributed by atoms with Crippen LogP contribution in [0.15, 0.2) is 64.4 Å². The third-order valence-corrected chi connectivity index (χ3v) is 9.38. The highest BCUT2D eigenvalue weighted by atomic mass is 32.2. The maximum Gasteiger partial charge on any atom is 0.435 e. The number of nitrogens with zero attached hydrogens (tertiary/aromatic N) is 3. The molecule has 4 aromatic rings. The first-order valence-electron chi connectivity index (χ1n) is 15.4. The van der Waals surface area contributed by atoms with E-state index < -0.39 is 38.4 Å². The van der Waals surface area contributed by atoms with Gasteiger partial charge in [-0.05, 0) is 69.4 Å². The first-order chi connectivity index (χ1) is 23.5. The number of halogens is 2. The van der Waals surface area contributed by atoms with Crippen LogP contribution in [0.5, 0.6) is 5.75 Å². The van der Waals surface area contributed by atoms with Crippen molar-refractivity contribution < 1.29 is 45.7 Å². The highest BCUT2D eigenvalue weighted by Gasteiger charge is 2.26. The molecule has 13 nitrogen and oxygen atoms in total. The van der Waals surface area contributed by atoms with Crippen molar-refractivity contribution in [3.63, 3.8) is 0 Å². The van der Waals surface area contributed by atoms with Gasteiger partial charge in [-0.15, -0.1) is 5.10 Å². The van der Waals surface area contributed by atoms with Crippen LogP contribution < -0.4 is 15.4 Å². The number of sulfone groups is 1. The molecule has 5 rings (SSSR count). The molecule has 262 valence electrons. The van der Waals surface area contributed by atoms with E-state index in [4.69, 9.17) is 18.9 Å². The lowest BCUT2D eigenvalue weighted by atomic mass is 10.1. The van der Waals surface area contributed by atoms with Crippen molar-refractivity contribution >= 4 is 44.2 Å². The second kappa shape index (κ2) is 15.7. The van der Waals surface area contributed by atoms with Gasteiger partial charge in [-0.3, -0.25) is 4.79 Å². The summed E-state index contributed by atoms with van der Waals surface area (Å²) in [5.41, 5.74) is 0.828. The van der Waals surface area contributed by atoms with Gasteiger partial charge in [0.05, 0.1) is 33.2 Å². The maximum atomic E-state index is 14.0. The normalized spacial score (nSPS) is 13.8. The smallest absolute Gasteiger partial charge is 0.435 e. The minimum Gasteiger partial charge on any atom is -0.492 e. The molecular formula is C33H37F2N5O8S. The molecule has 0 spiro atoms. The number of hydrogen-bond donors (Lipinski definition) is 2. The van der Waals surface area contributed by atoms with Crippen molar-refractivity contribution in [3.8, 4) is 5.75 Å². The van der Waals surface area contributed by atoms with Crippen molar-refractivity contribution in [2.75, 3.05) is 71.4 Å². The number of carbonyl (C=O) groups excluding carboxylic acids is 2. The standard InChI is InChI=1S/C33H37F2N5O8S/c1-39(2)10-13-47-24-4-6-27(29(19-24)36-23-8-11-46-12-9-23)32(41)37-31-28-20-25(49(43,44)26-17-21(34)16-22(35)18-26)5-7-30(28)40(38-31)33(42)48-15-14-45-3/h4-7,16-20,23,36H,8-15H2,1-3H3,(H,37,38,41). The average Bonchev–Trinajstić information content (AvgIpc) is 3.42. The predicted octanol–water partition coefficient (Wildman–Crippen LogP) is 4.56. The fraction of sp³-hybridized carbons (Fsp3) is 0.364. The fourth-order valence-corrected chi connectivity index (χ4v) is 6.43. The summed E-state index contributed by atoms with van der Waals surface area (Å²) < 4.78 is 77.2. The van der Waals surface area contributed by atoms with Crippen molar-refractivity contribution in [3.05, 3.63) is 71.8 Å². The van der Waals surface area contributed by atoms with E-state index in [1.54, 1.807) is 18.2 Å². The molecule has 2 heterocycles. The Morgan fingerprint density at radius 3 is 2.41 bits per heavy atom. The third-order valence-electron chi connectivity index (χ3n) is 7.65. The van der Waals surface area contributed by atoms with Gasteiger partial charge in [0.15, 0.2) is 5.82 Å². The van der Waals surface area contributed by atoms with E-state index >= 15 is 0 Å². The molecule has 0 aliphatic carbocycles. The number of benzene rings is 3. The van der Waals surface area contributed by atoms with E-state index in [-0.39, 0.29) is 46.4 Å². The molecule has 3 aromatic carbocycles. The summed E-state index contributed by atoms with van der Waals surface area (Å²) in [4.78, 5) is 27.9. The molecule has 0 saturated carbocycles. The first-order valence-corrected chi connectivity index (χ1v) is 16.9. The van der Waals surface area contributed by atoms with Crippen LogP contribution in [0.25, 0.3) is 10.9 Å². The maximum absolute atomic E-state index is 14.0. The molecule has 16 heteroatoms. The number of amides is 1. The summed E-state index contributed by atoms with van der Waals surface area (Å²) in [7, 11) is 0.852. The van der Waals surface area contributed by atoms with Crippen LogP contribution in [-0.4, -0.2) is 102 Å². The van der Waals surface area contributed by atoms with Crippen molar-refractivity contribution in [2.24, 2.45) is 0 Å². The summed E-state index contributed by atoms with van der Waals surface area (Å²) in [6, 6.07) is 10.6. The van der Waals surface area contributed by atoms with Gasteiger partial charge in [-0.25, -0.2) is 22.0 Å². The molecule has 1 amide bonds. The summed E-state index contributed by atoms with van der Waals surface area (Å²) >= 11 is 0. The number of methoxy groups -OCH3 is 1. The zero-order chi connectivity index (χ0) is 35.1. The van der Waals surface area contributed by atoms with Crippen LogP contribution in [0.2, 0.25) is 0 Å². The van der Waals surface area contributed by atoms with Gasteiger partial charge >= 0.3 is 6.09 Å². The molecule has 49 heavy (non-hydrogen) atoms. The minimum absolute atomic E-state index is 0.0275. The third kappa shape index (κ3) is 8.70. The Morgan fingerprint density at radius 1 is 0.980 bits per heavy atom. The predicted molar refractivity (Wildman–Crippen MR) is 176 cm³/mol. The molecule has 2 N–H and O–H groups in total. The number of aromatic nitrogens is 2. The van der Waals surface area contributed by atoms with Crippen molar-refractivity contribution in [1.82, 2.24) is 14.7 Å². The Bertz CT molecular complexity index is 1910. The van der Waals surface area contributed by atoms with Gasteiger partial charge in [0.2, 0.25) is 9.84 Å². The first kappa shape index (κ1) is 35.7. The van der Waals surface area contributed by atoms with E-state index in [2.05, 4.69) is 15.7 Å². The number of carbonyl (C=O) groups is 2. The van der Waals surface area contributed by atoms with Crippen LogP contribution in [0.3, 0.4) is 0 Å². The lowest BCUT2D eigenvalue weighted by Gasteiger charge is -2.25. The SMILES string of the molecule is COCCOC(=O)n1nc(NC(=O)c2ccc(OCCN(C)C)cc2NC2CCOCC2)c2cc(S(=O)(=O)c3cc(F)cc(F)c3)ccc21. The number of anilines is 2. The van der Waals surface area contributed by atoms with Crippen LogP contribution in [0, 0.1) is 11.6 Å². The molecular weight excluding hydrogens is 664 g/mol. The number of nitrogens with one attached hydrogen (secondary N) is 2. The fourth-order valence-electron chi connectivity index (χ4n) is 5.10. The molecule has 0 unspecified atom stereocenters. The Hall–Kier alpha value is -4.64. The highest BCUT2D eigenvalue weighted by molar-refractivity contribution is 7.91. The van der Waals surface area contributed by atoms with E-state index in [9.17, 15) is 26.8 Å². The van der Waals surface area contributed by atoms with Gasteiger partial charge in [-0.1, -0.05) is 0 Å². The summed E-state index contributed by atoms with van der Waals surface area (Å²) in [5.74, 6) is -2.37. The molecule has 1 aliphatic heterocycles. The average molecular weight is 702 g/mol. The van der Waals surface area contributed by atoms with Crippen LogP contribution in [-0.2, 0) is 24.0 Å². The largest absolute Gasteiger partial charge is 0.492 e. The minimum atomic E-state index is -4.44. The number of likely N-dealkylation sites (N-methyl/N-ethyl adjacent to an activating group) is 1. The number of rotatable bonds is 13. The van der Waals surface area contributed by atoms with E-state index in [0.29, 0.717) is 56.0 Å². The van der Waals surface area contributed by atoms with E-state index in [1.807, 2.05) is 19.0 Å². The zero-order valence-corrected chi connectivity index (χ0v) is 28.0. The van der Waals surface area contributed by atoms with Crippen LogP contribution >= 0.6 is 0 Å². The summed E-state index contributed by atoms with van der Waals surface area (Å²) in [6.45, 7) is 2.25. The number of hydrogen-bond acceptors (Lipinski definition) is 11. The lowest BCUT2D eigenvalue weighted by Crippen LogP contribution is -2.29. The summed E-state index contributed by atoms with van der Waals surface area (Å²) in [5, 5.41) is 10.4. The molecule has 1 fully saturated rings. The Kier molecular flexibility index (Phi) is 11.4. The topological polar surface area (TPSA) is 150 Å². The molecule has 0 bridgehead atoms.